The highest BCUT2D eigenvalue weighted by Crippen LogP contribution is 2.44. The second-order valence-corrected chi connectivity index (χ2v) is 14.2. The molecule has 0 amide bonds. The molecule has 0 bridgehead atoms. The Kier molecular flexibility index (Phi) is 6.02. The molecule has 0 radical (unpaired) electrons. The van der Waals surface area contributed by atoms with Crippen LogP contribution in [0, 0.1) is 0 Å². The van der Waals surface area contributed by atoms with Gasteiger partial charge in [-0.3, -0.25) is 0 Å². The van der Waals surface area contributed by atoms with Gasteiger partial charge in [0.2, 0.25) is 0 Å². The third kappa shape index (κ3) is 4.02. The second-order valence-electron chi connectivity index (χ2n) is 14.2. The lowest BCUT2D eigenvalue weighted by molar-refractivity contribution is 1.12. The Labute approximate surface area is 310 Å². The fourth-order valence-corrected chi connectivity index (χ4v) is 9.06. The van der Waals surface area contributed by atoms with E-state index in [1.54, 1.807) is 0 Å². The van der Waals surface area contributed by atoms with E-state index < -0.39 is 0 Å². The minimum Gasteiger partial charge on any atom is -0.316 e. The van der Waals surface area contributed by atoms with Crippen LogP contribution in [0.2, 0.25) is 0 Å². The molecule has 0 aliphatic rings. The Morgan fingerprint density at radius 2 is 0.759 bits per heavy atom. The van der Waals surface area contributed by atoms with Gasteiger partial charge in [-0.15, -0.1) is 0 Å². The van der Waals surface area contributed by atoms with Gasteiger partial charge in [0.25, 0.3) is 0 Å². The average molecular weight is 689 g/mol. The van der Waals surface area contributed by atoms with E-state index >= 15 is 0 Å². The monoisotopic (exact) mass is 688 g/mol. The SMILES string of the molecule is c1ccc(-n2ccc3cc4c5ccc6c7ccccc7n(-c7ccccc7)c6c5n(-c5ccc6c(c5)c5ccccc5n6-c5ccccc5)c4cc32)cc1. The molecule has 12 aromatic rings. The fraction of sp³-hybridized carbons (Fsp3) is 0. The van der Waals surface area contributed by atoms with Crippen LogP contribution in [0.15, 0.2) is 194 Å². The number of aromatic nitrogens is 4. The van der Waals surface area contributed by atoms with Crippen LogP contribution in [0.4, 0.5) is 0 Å². The first-order chi connectivity index (χ1) is 26.8. The predicted molar refractivity (Wildman–Crippen MR) is 226 cm³/mol. The van der Waals surface area contributed by atoms with Crippen LogP contribution in [-0.4, -0.2) is 18.3 Å². The van der Waals surface area contributed by atoms with Crippen LogP contribution in [0.1, 0.15) is 0 Å². The zero-order chi connectivity index (χ0) is 35.3. The number of hydrogen-bond acceptors (Lipinski definition) is 0. The number of para-hydroxylation sites is 5. The first kappa shape index (κ1) is 29.3. The molecule has 0 N–H and O–H groups in total. The molecular formula is C50H32N4. The minimum absolute atomic E-state index is 1.13. The van der Waals surface area contributed by atoms with Gasteiger partial charge in [-0.25, -0.2) is 0 Å². The van der Waals surface area contributed by atoms with E-state index in [9.17, 15) is 0 Å². The van der Waals surface area contributed by atoms with Crippen molar-refractivity contribution in [2.75, 3.05) is 0 Å². The van der Waals surface area contributed by atoms with E-state index in [4.69, 9.17) is 0 Å². The van der Waals surface area contributed by atoms with Crippen molar-refractivity contribution in [3.63, 3.8) is 0 Å². The molecule has 0 saturated heterocycles. The number of fused-ring (bicyclic) bond motifs is 11. The molecule has 12 rings (SSSR count). The lowest BCUT2D eigenvalue weighted by atomic mass is 10.1. The Balaban J connectivity index is 1.27. The first-order valence-electron chi connectivity index (χ1n) is 18.5. The number of benzene rings is 8. The first-order valence-corrected chi connectivity index (χ1v) is 18.5. The molecule has 252 valence electrons. The van der Waals surface area contributed by atoms with Crippen LogP contribution in [0.25, 0.3) is 99.1 Å². The van der Waals surface area contributed by atoms with E-state index in [0.29, 0.717) is 0 Å². The van der Waals surface area contributed by atoms with E-state index in [0.717, 1.165) is 22.7 Å². The van der Waals surface area contributed by atoms with Crippen molar-refractivity contribution in [2.45, 2.75) is 0 Å². The standard InChI is InChI=1S/C50H32N4/c1-4-14-34(15-5-1)51-29-28-33-30-42-41-26-25-40-38-20-10-13-23-45(38)53(36-18-8-3-9-19-36)49(40)50(41)54(48(42)32-47(33)51)37-24-27-46-43(31-37)39-21-11-12-22-44(39)52(46)35-16-6-2-7-17-35/h1-32H. The largest absolute Gasteiger partial charge is 0.316 e. The Hall–Kier alpha value is -7.30. The number of hydrogen-bond donors (Lipinski definition) is 0. The van der Waals surface area contributed by atoms with Gasteiger partial charge in [0, 0.05) is 66.6 Å². The molecule has 0 unspecified atom stereocenters. The Morgan fingerprint density at radius 3 is 1.44 bits per heavy atom. The topological polar surface area (TPSA) is 19.7 Å². The Bertz CT molecular complexity index is 3410. The third-order valence-corrected chi connectivity index (χ3v) is 11.3. The Morgan fingerprint density at radius 1 is 0.259 bits per heavy atom. The van der Waals surface area contributed by atoms with Crippen molar-refractivity contribution in [3.05, 3.63) is 194 Å². The van der Waals surface area contributed by atoms with E-state index in [-0.39, 0.29) is 0 Å². The minimum atomic E-state index is 1.13. The van der Waals surface area contributed by atoms with Crippen LogP contribution in [-0.2, 0) is 0 Å². The maximum absolute atomic E-state index is 2.53. The van der Waals surface area contributed by atoms with Gasteiger partial charge in [-0.1, -0.05) is 103 Å². The van der Waals surface area contributed by atoms with E-state index in [1.807, 2.05) is 0 Å². The molecule has 0 aliphatic heterocycles. The van der Waals surface area contributed by atoms with Crippen molar-refractivity contribution in [2.24, 2.45) is 0 Å². The maximum Gasteiger partial charge on any atom is 0.0788 e. The normalized spacial score (nSPS) is 12.1. The zero-order valence-electron chi connectivity index (χ0n) is 29.3. The summed E-state index contributed by atoms with van der Waals surface area (Å²) in [6, 6.07) is 68.5. The van der Waals surface area contributed by atoms with Crippen LogP contribution < -0.4 is 0 Å². The van der Waals surface area contributed by atoms with Crippen LogP contribution in [0.5, 0.6) is 0 Å². The van der Waals surface area contributed by atoms with Gasteiger partial charge in [-0.05, 0) is 84.9 Å². The fourth-order valence-electron chi connectivity index (χ4n) is 9.06. The summed E-state index contributed by atoms with van der Waals surface area (Å²) in [6.07, 6.45) is 2.20. The molecule has 0 fully saturated rings. The van der Waals surface area contributed by atoms with E-state index in [2.05, 4.69) is 213 Å². The lowest BCUT2D eigenvalue weighted by Gasteiger charge is -2.13. The van der Waals surface area contributed by atoms with Gasteiger partial charge in [0.1, 0.15) is 0 Å². The van der Waals surface area contributed by atoms with Crippen molar-refractivity contribution in [1.29, 1.82) is 0 Å². The van der Waals surface area contributed by atoms with Gasteiger partial charge in [0.15, 0.2) is 0 Å². The number of rotatable bonds is 4. The molecule has 4 nitrogen and oxygen atoms in total. The van der Waals surface area contributed by atoms with E-state index in [1.165, 1.54) is 76.3 Å². The second kappa shape index (κ2) is 11.1. The van der Waals surface area contributed by atoms with Crippen molar-refractivity contribution < 1.29 is 0 Å². The highest BCUT2D eigenvalue weighted by molar-refractivity contribution is 6.25. The molecule has 4 heteroatoms. The smallest absolute Gasteiger partial charge is 0.0788 e. The van der Waals surface area contributed by atoms with Crippen molar-refractivity contribution in [1.82, 2.24) is 18.3 Å². The molecule has 0 aliphatic carbocycles. The van der Waals surface area contributed by atoms with Gasteiger partial charge < -0.3 is 18.3 Å². The molecule has 0 atom stereocenters. The van der Waals surface area contributed by atoms with Crippen molar-refractivity contribution in [3.8, 4) is 22.7 Å². The maximum atomic E-state index is 2.53. The van der Waals surface area contributed by atoms with Crippen LogP contribution in [0.3, 0.4) is 0 Å². The summed E-state index contributed by atoms with van der Waals surface area (Å²) in [5.74, 6) is 0. The quantitative estimate of drug-likeness (QED) is 0.175. The van der Waals surface area contributed by atoms with Gasteiger partial charge >= 0.3 is 0 Å². The van der Waals surface area contributed by atoms with Crippen LogP contribution >= 0.6 is 0 Å². The van der Waals surface area contributed by atoms with Gasteiger partial charge in [0.05, 0.1) is 38.6 Å². The summed E-state index contributed by atoms with van der Waals surface area (Å²) in [7, 11) is 0. The lowest BCUT2D eigenvalue weighted by Crippen LogP contribution is -1.99. The highest BCUT2D eigenvalue weighted by Gasteiger charge is 2.23. The summed E-state index contributed by atoms with van der Waals surface area (Å²) >= 11 is 0. The zero-order valence-corrected chi connectivity index (χ0v) is 29.3. The van der Waals surface area contributed by atoms with Crippen molar-refractivity contribution >= 4 is 76.3 Å². The number of nitrogens with zero attached hydrogens (tertiary/aromatic N) is 4. The predicted octanol–water partition coefficient (Wildman–Crippen LogP) is 12.9. The molecule has 8 aromatic carbocycles. The summed E-state index contributed by atoms with van der Waals surface area (Å²) in [5.41, 5.74) is 12.9. The molecule has 0 spiro atoms. The molecule has 54 heavy (non-hydrogen) atoms. The molecule has 0 saturated carbocycles. The summed E-state index contributed by atoms with van der Waals surface area (Å²) in [4.78, 5) is 0. The van der Waals surface area contributed by atoms with Gasteiger partial charge in [-0.2, -0.15) is 0 Å². The molecule has 4 heterocycles. The summed E-state index contributed by atoms with van der Waals surface area (Å²) in [5, 5.41) is 8.65. The average Bonchev–Trinajstić information content (AvgIpc) is 3.99. The summed E-state index contributed by atoms with van der Waals surface area (Å²) in [6.45, 7) is 0. The third-order valence-electron chi connectivity index (χ3n) is 11.3. The summed E-state index contributed by atoms with van der Waals surface area (Å²) < 4.78 is 9.69. The molecular weight excluding hydrogens is 657 g/mol. The highest BCUT2D eigenvalue weighted by atomic mass is 15.1. The molecule has 4 aromatic heterocycles.